The summed E-state index contributed by atoms with van der Waals surface area (Å²) < 4.78 is 7.06. The number of hydrogen-bond acceptors (Lipinski definition) is 5. The zero-order chi connectivity index (χ0) is 18.5. The van der Waals surface area contributed by atoms with E-state index in [1.165, 1.54) is 18.4 Å². The lowest BCUT2D eigenvalue weighted by Gasteiger charge is -2.21. The lowest BCUT2D eigenvalue weighted by Crippen LogP contribution is -2.29. The second kappa shape index (κ2) is 8.83. The molecule has 0 radical (unpaired) electrons. The lowest BCUT2D eigenvalue weighted by atomic mass is 10.1. The molecular weight excluding hydrogens is 356 g/mol. The van der Waals surface area contributed by atoms with Crippen LogP contribution < -0.4 is 4.74 Å². The van der Waals surface area contributed by atoms with Crippen LogP contribution in [0.2, 0.25) is 0 Å². The second-order valence-corrected chi connectivity index (χ2v) is 8.13. The number of ether oxygens (including phenoxy) is 1. The van der Waals surface area contributed by atoms with Crippen molar-refractivity contribution in [3.05, 3.63) is 54.1 Å². The largest absolute Gasteiger partial charge is 0.431 e. The van der Waals surface area contributed by atoms with Gasteiger partial charge in [0.25, 0.3) is 5.19 Å². The number of para-hydroxylation sites is 1. The van der Waals surface area contributed by atoms with E-state index in [0.717, 1.165) is 54.4 Å². The van der Waals surface area contributed by atoms with Crippen LogP contribution >= 0.6 is 11.3 Å². The highest BCUT2D eigenvalue weighted by Gasteiger charge is 2.27. The van der Waals surface area contributed by atoms with Gasteiger partial charge in [-0.05, 0) is 68.5 Å². The number of aliphatic hydroxyl groups is 1. The number of rotatable bonds is 10. The molecule has 1 saturated carbocycles. The van der Waals surface area contributed by atoms with Crippen LogP contribution in [0.4, 0.5) is 0 Å². The van der Waals surface area contributed by atoms with Crippen molar-refractivity contribution >= 4 is 21.6 Å². The van der Waals surface area contributed by atoms with E-state index in [1.807, 2.05) is 30.3 Å². The molecule has 0 atom stereocenters. The summed E-state index contributed by atoms with van der Waals surface area (Å²) in [5.41, 5.74) is 2.32. The summed E-state index contributed by atoms with van der Waals surface area (Å²) in [5, 5.41) is 9.74. The maximum Gasteiger partial charge on any atom is 0.279 e. The molecule has 3 aromatic rings. The van der Waals surface area contributed by atoms with Crippen molar-refractivity contribution in [3.63, 3.8) is 0 Å². The van der Waals surface area contributed by atoms with Gasteiger partial charge in [-0.1, -0.05) is 35.6 Å². The Labute approximate surface area is 164 Å². The molecule has 0 aliphatic heterocycles. The number of benzene rings is 2. The SMILES string of the molecule is OCCCN(CCCc1ccc(Oc2nc3ccccc3s2)cc1)C1CC1. The Kier molecular flexibility index (Phi) is 6.02. The van der Waals surface area contributed by atoms with Crippen molar-refractivity contribution in [2.75, 3.05) is 19.7 Å². The van der Waals surface area contributed by atoms with Gasteiger partial charge >= 0.3 is 0 Å². The molecule has 1 aliphatic rings. The predicted octanol–water partition coefficient (Wildman–Crippen LogP) is 4.87. The van der Waals surface area contributed by atoms with E-state index in [-0.39, 0.29) is 0 Å². The molecule has 1 aromatic heterocycles. The second-order valence-electron chi connectivity index (χ2n) is 7.14. The summed E-state index contributed by atoms with van der Waals surface area (Å²) >= 11 is 1.57. The Hall–Kier alpha value is -1.95. The van der Waals surface area contributed by atoms with Crippen LogP contribution in [0.3, 0.4) is 0 Å². The van der Waals surface area contributed by atoms with Crippen LogP contribution in [0.5, 0.6) is 10.9 Å². The average molecular weight is 383 g/mol. The summed E-state index contributed by atoms with van der Waals surface area (Å²) in [6.45, 7) is 2.43. The highest BCUT2D eigenvalue weighted by molar-refractivity contribution is 7.20. The number of fused-ring (bicyclic) bond motifs is 1. The number of aryl methyl sites for hydroxylation is 1. The molecule has 0 unspecified atom stereocenters. The van der Waals surface area contributed by atoms with Crippen molar-refractivity contribution in [1.29, 1.82) is 0 Å². The summed E-state index contributed by atoms with van der Waals surface area (Å²) in [5.74, 6) is 0.834. The third-order valence-corrected chi connectivity index (χ3v) is 5.89. The Morgan fingerprint density at radius 2 is 1.81 bits per heavy atom. The zero-order valence-corrected chi connectivity index (χ0v) is 16.3. The van der Waals surface area contributed by atoms with Crippen LogP contribution in [-0.4, -0.2) is 40.7 Å². The molecule has 2 aromatic carbocycles. The molecule has 1 heterocycles. The Morgan fingerprint density at radius 1 is 1.04 bits per heavy atom. The van der Waals surface area contributed by atoms with E-state index in [9.17, 15) is 0 Å². The molecule has 1 fully saturated rings. The zero-order valence-electron chi connectivity index (χ0n) is 15.5. The highest BCUT2D eigenvalue weighted by atomic mass is 32.1. The first-order valence-electron chi connectivity index (χ1n) is 9.79. The van der Waals surface area contributed by atoms with Gasteiger partial charge in [-0.15, -0.1) is 0 Å². The van der Waals surface area contributed by atoms with E-state index < -0.39 is 0 Å². The van der Waals surface area contributed by atoms with Crippen LogP contribution in [0.25, 0.3) is 10.2 Å². The molecule has 0 saturated heterocycles. The van der Waals surface area contributed by atoms with E-state index in [1.54, 1.807) is 11.3 Å². The third-order valence-electron chi connectivity index (χ3n) is 4.98. The molecule has 4 nitrogen and oxygen atoms in total. The first-order chi connectivity index (χ1) is 13.3. The molecular formula is C22H26N2O2S. The monoisotopic (exact) mass is 382 g/mol. The predicted molar refractivity (Wildman–Crippen MR) is 111 cm³/mol. The van der Waals surface area contributed by atoms with Gasteiger partial charge in [0.15, 0.2) is 0 Å². The molecule has 27 heavy (non-hydrogen) atoms. The van der Waals surface area contributed by atoms with Gasteiger partial charge in [0.2, 0.25) is 0 Å². The fraction of sp³-hybridized carbons (Fsp3) is 0.409. The van der Waals surface area contributed by atoms with Crippen molar-refractivity contribution < 1.29 is 9.84 Å². The first kappa shape index (κ1) is 18.4. The first-order valence-corrected chi connectivity index (χ1v) is 10.6. The maximum atomic E-state index is 9.05. The van der Waals surface area contributed by atoms with E-state index in [0.29, 0.717) is 11.8 Å². The molecule has 142 valence electrons. The minimum atomic E-state index is 0.291. The van der Waals surface area contributed by atoms with Gasteiger partial charge in [0.05, 0.1) is 10.2 Å². The van der Waals surface area contributed by atoms with Crippen LogP contribution in [-0.2, 0) is 6.42 Å². The van der Waals surface area contributed by atoms with E-state index >= 15 is 0 Å². The van der Waals surface area contributed by atoms with Gasteiger partial charge < -0.3 is 14.7 Å². The lowest BCUT2D eigenvalue weighted by molar-refractivity contribution is 0.216. The maximum absolute atomic E-state index is 9.05. The van der Waals surface area contributed by atoms with Gasteiger partial charge in [0.1, 0.15) is 5.75 Å². The van der Waals surface area contributed by atoms with Gasteiger partial charge in [-0.3, -0.25) is 0 Å². The van der Waals surface area contributed by atoms with Crippen molar-refractivity contribution in [2.24, 2.45) is 0 Å². The van der Waals surface area contributed by atoms with Crippen molar-refractivity contribution in [3.8, 4) is 10.9 Å². The fourth-order valence-corrected chi connectivity index (χ4v) is 4.23. The summed E-state index contributed by atoms with van der Waals surface area (Å²) in [6.07, 6.45) is 5.75. The van der Waals surface area contributed by atoms with Gasteiger partial charge in [-0.25, -0.2) is 4.98 Å². The number of aromatic nitrogens is 1. The Balaban J connectivity index is 1.28. The molecule has 0 amide bonds. The Bertz CT molecular complexity index is 825. The number of nitrogens with zero attached hydrogens (tertiary/aromatic N) is 2. The fourth-order valence-electron chi connectivity index (χ4n) is 3.40. The van der Waals surface area contributed by atoms with E-state index in [4.69, 9.17) is 9.84 Å². The third kappa shape index (κ3) is 5.06. The number of hydrogen-bond donors (Lipinski definition) is 1. The molecule has 0 bridgehead atoms. The molecule has 0 spiro atoms. The minimum Gasteiger partial charge on any atom is -0.431 e. The Morgan fingerprint density at radius 3 is 2.56 bits per heavy atom. The smallest absolute Gasteiger partial charge is 0.279 e. The van der Waals surface area contributed by atoms with Gasteiger partial charge in [0, 0.05) is 19.2 Å². The quantitative estimate of drug-likeness (QED) is 0.543. The molecule has 5 heteroatoms. The molecule has 1 aliphatic carbocycles. The topological polar surface area (TPSA) is 45.6 Å². The highest BCUT2D eigenvalue weighted by Crippen LogP contribution is 2.31. The number of thiazole rings is 1. The van der Waals surface area contributed by atoms with Crippen molar-refractivity contribution in [1.82, 2.24) is 9.88 Å². The minimum absolute atomic E-state index is 0.291. The normalized spacial score (nSPS) is 14.1. The summed E-state index contributed by atoms with van der Waals surface area (Å²) in [6, 6.07) is 17.2. The standard InChI is InChI=1S/C22H26N2O2S/c25-16-4-15-24(18-10-11-18)14-3-5-17-8-12-19(13-9-17)26-22-23-20-6-1-2-7-21(20)27-22/h1-2,6-9,12-13,18,25H,3-5,10-11,14-16H2. The summed E-state index contributed by atoms with van der Waals surface area (Å²) in [7, 11) is 0. The van der Waals surface area contributed by atoms with Crippen LogP contribution in [0.15, 0.2) is 48.5 Å². The van der Waals surface area contributed by atoms with Crippen molar-refractivity contribution in [2.45, 2.75) is 38.1 Å². The summed E-state index contributed by atoms with van der Waals surface area (Å²) in [4.78, 5) is 7.06. The van der Waals surface area contributed by atoms with Gasteiger partial charge in [-0.2, -0.15) is 0 Å². The molecule has 1 N–H and O–H groups in total. The van der Waals surface area contributed by atoms with Crippen LogP contribution in [0.1, 0.15) is 31.2 Å². The molecule has 4 rings (SSSR count). The average Bonchev–Trinajstić information content (AvgIpc) is 3.45. The van der Waals surface area contributed by atoms with E-state index in [2.05, 4.69) is 28.1 Å². The number of aliphatic hydroxyl groups excluding tert-OH is 1. The van der Waals surface area contributed by atoms with Crippen LogP contribution in [0, 0.1) is 0 Å².